The molecular formula is C20H21N5O3S. The van der Waals surface area contributed by atoms with Crippen molar-refractivity contribution in [1.29, 1.82) is 0 Å². The van der Waals surface area contributed by atoms with Crippen molar-refractivity contribution in [3.8, 4) is 11.1 Å². The molecule has 150 valence electrons. The molecule has 29 heavy (non-hydrogen) atoms. The largest absolute Gasteiger partial charge is 0.368 e. The molecule has 0 spiro atoms. The molecule has 9 heteroatoms. The topological polar surface area (TPSA) is 121 Å². The van der Waals surface area contributed by atoms with Gasteiger partial charge in [-0.2, -0.15) is 0 Å². The summed E-state index contributed by atoms with van der Waals surface area (Å²) in [4.78, 5) is 45.4. The van der Waals surface area contributed by atoms with E-state index in [-0.39, 0.29) is 23.9 Å². The van der Waals surface area contributed by atoms with Crippen molar-refractivity contribution in [2.24, 2.45) is 11.7 Å². The van der Waals surface area contributed by atoms with E-state index in [0.717, 1.165) is 17.5 Å². The SMILES string of the molecule is NC(=O)CNC(=O)[C@@H]1CCCN(c2nc3c(-c4ccccc4)csc3c(=O)[nH]2)C1. The van der Waals surface area contributed by atoms with Gasteiger partial charge in [-0.1, -0.05) is 30.3 Å². The van der Waals surface area contributed by atoms with Crippen LogP contribution in [0.1, 0.15) is 12.8 Å². The highest BCUT2D eigenvalue weighted by atomic mass is 32.1. The maximum atomic E-state index is 12.6. The van der Waals surface area contributed by atoms with Gasteiger partial charge in [0.05, 0.1) is 18.0 Å². The minimum absolute atomic E-state index is 0.175. The van der Waals surface area contributed by atoms with Gasteiger partial charge < -0.3 is 16.0 Å². The molecule has 1 saturated heterocycles. The summed E-state index contributed by atoms with van der Waals surface area (Å²) >= 11 is 1.37. The number of carbonyl (C=O) groups is 2. The number of hydrogen-bond donors (Lipinski definition) is 3. The van der Waals surface area contributed by atoms with Gasteiger partial charge in [0.25, 0.3) is 5.56 Å². The Balaban J connectivity index is 1.63. The molecule has 3 aromatic rings. The third-order valence-corrected chi connectivity index (χ3v) is 6.00. The van der Waals surface area contributed by atoms with Crippen molar-refractivity contribution < 1.29 is 9.59 Å². The van der Waals surface area contributed by atoms with Crippen LogP contribution in [0.5, 0.6) is 0 Å². The third-order valence-electron chi connectivity index (χ3n) is 5.03. The van der Waals surface area contributed by atoms with Gasteiger partial charge in [0, 0.05) is 24.0 Å². The third kappa shape index (κ3) is 4.00. The summed E-state index contributed by atoms with van der Waals surface area (Å²) in [6, 6.07) is 9.83. The second-order valence-corrected chi connectivity index (χ2v) is 7.93. The van der Waals surface area contributed by atoms with Crippen LogP contribution in [0.3, 0.4) is 0 Å². The summed E-state index contributed by atoms with van der Waals surface area (Å²) in [5.74, 6) is -0.614. The molecule has 2 amide bonds. The lowest BCUT2D eigenvalue weighted by Crippen LogP contribution is -2.45. The first-order chi connectivity index (χ1) is 14.0. The van der Waals surface area contributed by atoms with Gasteiger partial charge in [0.2, 0.25) is 17.8 Å². The van der Waals surface area contributed by atoms with Crippen LogP contribution in [-0.4, -0.2) is 41.4 Å². The highest BCUT2D eigenvalue weighted by Crippen LogP contribution is 2.32. The van der Waals surface area contributed by atoms with Gasteiger partial charge in [0.15, 0.2) is 0 Å². The number of aromatic amines is 1. The number of nitrogens with two attached hydrogens (primary N) is 1. The summed E-state index contributed by atoms with van der Waals surface area (Å²) in [7, 11) is 0. The Hall–Kier alpha value is -3.20. The highest BCUT2D eigenvalue weighted by molar-refractivity contribution is 7.17. The summed E-state index contributed by atoms with van der Waals surface area (Å²) in [5.41, 5.74) is 7.51. The lowest BCUT2D eigenvalue weighted by molar-refractivity contribution is -0.127. The fourth-order valence-corrected chi connectivity index (χ4v) is 4.50. The lowest BCUT2D eigenvalue weighted by Gasteiger charge is -2.32. The number of nitrogens with zero attached hydrogens (tertiary/aromatic N) is 2. The smallest absolute Gasteiger partial charge is 0.270 e. The van der Waals surface area contributed by atoms with Gasteiger partial charge in [-0.15, -0.1) is 11.3 Å². The van der Waals surface area contributed by atoms with Crippen molar-refractivity contribution in [2.75, 3.05) is 24.5 Å². The number of thiophene rings is 1. The Bertz CT molecular complexity index is 1110. The number of primary amides is 1. The molecule has 8 nitrogen and oxygen atoms in total. The van der Waals surface area contributed by atoms with Crippen molar-refractivity contribution in [3.63, 3.8) is 0 Å². The Labute approximate surface area is 170 Å². The van der Waals surface area contributed by atoms with Gasteiger partial charge in [-0.3, -0.25) is 19.4 Å². The number of amides is 2. The van der Waals surface area contributed by atoms with E-state index in [1.807, 2.05) is 40.6 Å². The second kappa shape index (κ2) is 8.04. The van der Waals surface area contributed by atoms with Crippen LogP contribution < -0.4 is 21.5 Å². The normalized spacial score (nSPS) is 16.7. The summed E-state index contributed by atoms with van der Waals surface area (Å²) in [6.07, 6.45) is 1.49. The maximum absolute atomic E-state index is 12.6. The molecule has 3 heterocycles. The molecule has 0 saturated carbocycles. The number of benzene rings is 1. The van der Waals surface area contributed by atoms with Crippen molar-refractivity contribution in [3.05, 3.63) is 46.1 Å². The standard InChI is InChI=1S/C20H21N5O3S/c21-15(26)9-22-18(27)13-7-4-8-25(10-13)20-23-16-14(12-5-2-1-3-6-12)11-29-17(16)19(28)24-20/h1-3,5-6,11,13H,4,7-10H2,(H2,21,26)(H,22,27)(H,23,24,28)/t13-/m1/s1. The Kier molecular flexibility index (Phi) is 5.30. The average Bonchev–Trinajstić information content (AvgIpc) is 3.17. The molecule has 4 rings (SSSR count). The highest BCUT2D eigenvalue weighted by Gasteiger charge is 2.27. The molecule has 4 N–H and O–H groups in total. The average molecular weight is 411 g/mol. The first-order valence-corrected chi connectivity index (χ1v) is 10.3. The molecule has 0 unspecified atom stereocenters. The van der Waals surface area contributed by atoms with Crippen LogP contribution in [0.2, 0.25) is 0 Å². The van der Waals surface area contributed by atoms with E-state index in [1.165, 1.54) is 11.3 Å². The number of anilines is 1. The Morgan fingerprint density at radius 1 is 1.31 bits per heavy atom. The zero-order valence-electron chi connectivity index (χ0n) is 15.7. The monoisotopic (exact) mass is 411 g/mol. The van der Waals surface area contributed by atoms with Gasteiger partial charge in [-0.25, -0.2) is 4.98 Å². The van der Waals surface area contributed by atoms with Crippen LogP contribution in [0.25, 0.3) is 21.3 Å². The molecular weight excluding hydrogens is 390 g/mol. The maximum Gasteiger partial charge on any atom is 0.270 e. The lowest BCUT2D eigenvalue weighted by atomic mass is 9.97. The minimum atomic E-state index is -0.576. The fraction of sp³-hybridized carbons (Fsp3) is 0.300. The van der Waals surface area contributed by atoms with Gasteiger partial charge >= 0.3 is 0 Å². The van der Waals surface area contributed by atoms with Crippen LogP contribution in [0, 0.1) is 5.92 Å². The fourth-order valence-electron chi connectivity index (χ4n) is 3.59. The molecule has 1 aliphatic rings. The summed E-state index contributed by atoms with van der Waals surface area (Å²) in [6.45, 7) is 0.939. The number of H-pyrrole nitrogens is 1. The number of fused-ring (bicyclic) bond motifs is 1. The number of aromatic nitrogens is 2. The Morgan fingerprint density at radius 2 is 2.10 bits per heavy atom. The number of piperidine rings is 1. The number of carbonyl (C=O) groups excluding carboxylic acids is 2. The predicted octanol–water partition coefficient (Wildman–Crippen LogP) is 1.47. The molecule has 0 radical (unpaired) electrons. The minimum Gasteiger partial charge on any atom is -0.368 e. The zero-order valence-corrected chi connectivity index (χ0v) is 16.5. The Morgan fingerprint density at radius 3 is 2.86 bits per heavy atom. The molecule has 1 atom stereocenters. The van der Waals surface area contributed by atoms with Crippen LogP contribution >= 0.6 is 11.3 Å². The molecule has 1 aromatic carbocycles. The van der Waals surface area contributed by atoms with E-state index in [1.54, 1.807) is 0 Å². The van der Waals surface area contributed by atoms with E-state index >= 15 is 0 Å². The predicted molar refractivity (Wildman–Crippen MR) is 113 cm³/mol. The molecule has 1 aliphatic heterocycles. The second-order valence-electron chi connectivity index (χ2n) is 7.05. The molecule has 0 bridgehead atoms. The summed E-state index contributed by atoms with van der Waals surface area (Å²) in [5, 5.41) is 4.51. The van der Waals surface area contributed by atoms with Crippen LogP contribution in [0.15, 0.2) is 40.5 Å². The van der Waals surface area contributed by atoms with Crippen molar-refractivity contribution >= 4 is 39.3 Å². The van der Waals surface area contributed by atoms with E-state index in [2.05, 4.69) is 10.3 Å². The first-order valence-electron chi connectivity index (χ1n) is 9.41. The van der Waals surface area contributed by atoms with Gasteiger partial charge in [0.1, 0.15) is 4.70 Å². The van der Waals surface area contributed by atoms with Crippen molar-refractivity contribution in [2.45, 2.75) is 12.8 Å². The zero-order chi connectivity index (χ0) is 20.4. The number of nitrogens with one attached hydrogen (secondary N) is 2. The van der Waals surface area contributed by atoms with E-state index < -0.39 is 5.91 Å². The summed E-state index contributed by atoms with van der Waals surface area (Å²) < 4.78 is 0.584. The van der Waals surface area contributed by atoms with Crippen LogP contribution in [-0.2, 0) is 9.59 Å². The van der Waals surface area contributed by atoms with Crippen LogP contribution in [0.4, 0.5) is 5.95 Å². The number of rotatable bonds is 5. The quantitative estimate of drug-likeness (QED) is 0.587. The van der Waals surface area contributed by atoms with E-state index in [9.17, 15) is 14.4 Å². The van der Waals surface area contributed by atoms with Gasteiger partial charge in [-0.05, 0) is 18.4 Å². The molecule has 2 aromatic heterocycles. The first kappa shape index (κ1) is 19.1. The number of hydrogen-bond acceptors (Lipinski definition) is 6. The van der Waals surface area contributed by atoms with E-state index in [4.69, 9.17) is 10.7 Å². The molecule has 1 fully saturated rings. The van der Waals surface area contributed by atoms with E-state index in [0.29, 0.717) is 35.7 Å². The molecule has 0 aliphatic carbocycles. The van der Waals surface area contributed by atoms with Crippen molar-refractivity contribution in [1.82, 2.24) is 15.3 Å².